The van der Waals surface area contributed by atoms with Crippen LogP contribution in [0.5, 0.6) is 11.5 Å². The summed E-state index contributed by atoms with van der Waals surface area (Å²) in [6, 6.07) is 5.42. The van der Waals surface area contributed by atoms with Crippen molar-refractivity contribution < 1.29 is 23.8 Å². The van der Waals surface area contributed by atoms with Crippen molar-refractivity contribution in [2.24, 2.45) is 0 Å². The van der Waals surface area contributed by atoms with Crippen LogP contribution in [0, 0.1) is 13.8 Å². The Labute approximate surface area is 152 Å². The lowest BCUT2D eigenvalue weighted by atomic mass is 10.1. The number of ketones is 1. The molecule has 1 heterocycles. The molecule has 2 rings (SSSR count). The fourth-order valence-electron chi connectivity index (χ4n) is 2.80. The van der Waals surface area contributed by atoms with Crippen molar-refractivity contribution in [2.45, 2.75) is 20.8 Å². The molecule has 0 bridgehead atoms. The van der Waals surface area contributed by atoms with Gasteiger partial charge in [0.2, 0.25) is 5.78 Å². The summed E-state index contributed by atoms with van der Waals surface area (Å²) in [5, 5.41) is 0. The van der Waals surface area contributed by atoms with Crippen LogP contribution in [0.2, 0.25) is 0 Å². The summed E-state index contributed by atoms with van der Waals surface area (Å²) in [6.07, 6.45) is 3.09. The Balaban J connectivity index is 2.33. The SMILES string of the molecule is CCOC(=O)c1c(C)[nH]c(C(=O)C=Cc2cccc(OC)c2OC)c1C. The number of aromatic nitrogens is 1. The molecule has 0 spiro atoms. The second-order valence-corrected chi connectivity index (χ2v) is 5.63. The molecule has 1 aromatic carbocycles. The predicted molar refractivity (Wildman–Crippen MR) is 99.1 cm³/mol. The van der Waals surface area contributed by atoms with E-state index in [4.69, 9.17) is 14.2 Å². The summed E-state index contributed by atoms with van der Waals surface area (Å²) >= 11 is 0. The van der Waals surface area contributed by atoms with Crippen molar-refractivity contribution in [1.29, 1.82) is 0 Å². The third kappa shape index (κ3) is 3.79. The molecule has 0 unspecified atom stereocenters. The quantitative estimate of drug-likeness (QED) is 0.464. The van der Waals surface area contributed by atoms with Gasteiger partial charge in [-0.15, -0.1) is 0 Å². The number of H-pyrrole nitrogens is 1. The van der Waals surface area contributed by atoms with Gasteiger partial charge in [0.15, 0.2) is 11.5 Å². The molecular formula is C20H23NO5. The molecular weight excluding hydrogens is 334 g/mol. The number of carbonyl (C=O) groups is 2. The Bertz CT molecular complexity index is 848. The zero-order chi connectivity index (χ0) is 19.3. The molecule has 0 aliphatic carbocycles. The van der Waals surface area contributed by atoms with E-state index in [1.807, 2.05) is 12.1 Å². The number of aromatic amines is 1. The van der Waals surface area contributed by atoms with Crippen molar-refractivity contribution in [1.82, 2.24) is 4.98 Å². The number of ether oxygens (including phenoxy) is 3. The Morgan fingerprint density at radius 1 is 1.15 bits per heavy atom. The topological polar surface area (TPSA) is 77.6 Å². The van der Waals surface area contributed by atoms with E-state index in [1.54, 1.807) is 47.1 Å². The van der Waals surface area contributed by atoms with Crippen molar-refractivity contribution in [3.8, 4) is 11.5 Å². The molecule has 2 aromatic rings. The average molecular weight is 357 g/mol. The van der Waals surface area contributed by atoms with Gasteiger partial charge < -0.3 is 19.2 Å². The van der Waals surface area contributed by atoms with Gasteiger partial charge in [0, 0.05) is 11.3 Å². The standard InChI is InChI=1S/C20H23NO5/c1-6-26-20(23)17-12(2)18(21-13(17)3)15(22)11-10-14-8-7-9-16(24-4)19(14)25-5/h7-11,21H,6H2,1-5H3. The summed E-state index contributed by atoms with van der Waals surface area (Å²) in [5.41, 5.74) is 2.67. The maximum absolute atomic E-state index is 12.6. The van der Waals surface area contributed by atoms with E-state index >= 15 is 0 Å². The normalized spacial score (nSPS) is 10.8. The third-order valence-electron chi connectivity index (χ3n) is 4.01. The van der Waals surface area contributed by atoms with Gasteiger partial charge in [-0.2, -0.15) is 0 Å². The number of esters is 1. The van der Waals surface area contributed by atoms with E-state index in [0.717, 1.165) is 0 Å². The third-order valence-corrected chi connectivity index (χ3v) is 4.01. The minimum Gasteiger partial charge on any atom is -0.493 e. The van der Waals surface area contributed by atoms with E-state index in [-0.39, 0.29) is 12.4 Å². The first-order valence-electron chi connectivity index (χ1n) is 8.24. The summed E-state index contributed by atoms with van der Waals surface area (Å²) in [7, 11) is 3.10. The first-order chi connectivity index (χ1) is 12.4. The minimum absolute atomic E-state index is 0.244. The highest BCUT2D eigenvalue weighted by atomic mass is 16.5. The van der Waals surface area contributed by atoms with E-state index in [2.05, 4.69) is 4.98 Å². The molecule has 1 aromatic heterocycles. The van der Waals surface area contributed by atoms with Gasteiger partial charge in [-0.3, -0.25) is 4.79 Å². The number of hydrogen-bond acceptors (Lipinski definition) is 5. The number of methoxy groups -OCH3 is 2. The lowest BCUT2D eigenvalue weighted by molar-refractivity contribution is 0.0525. The van der Waals surface area contributed by atoms with Crippen LogP contribution < -0.4 is 9.47 Å². The molecule has 0 radical (unpaired) electrons. The lowest BCUT2D eigenvalue weighted by Gasteiger charge is -2.09. The van der Waals surface area contributed by atoms with Gasteiger partial charge in [0.25, 0.3) is 0 Å². The first kappa shape index (κ1) is 19.3. The number of carbonyl (C=O) groups excluding carboxylic acids is 2. The van der Waals surface area contributed by atoms with E-state index in [9.17, 15) is 9.59 Å². The Kier molecular flexibility index (Phi) is 6.22. The zero-order valence-electron chi connectivity index (χ0n) is 15.6. The molecule has 6 heteroatoms. The van der Waals surface area contributed by atoms with Crippen LogP contribution in [0.25, 0.3) is 6.08 Å². The molecule has 0 saturated carbocycles. The highest BCUT2D eigenvalue weighted by Crippen LogP contribution is 2.31. The van der Waals surface area contributed by atoms with Gasteiger partial charge in [0.1, 0.15) is 0 Å². The fourth-order valence-corrected chi connectivity index (χ4v) is 2.80. The molecule has 0 aliphatic heterocycles. The van der Waals surface area contributed by atoms with Crippen molar-refractivity contribution >= 4 is 17.8 Å². The molecule has 1 N–H and O–H groups in total. The van der Waals surface area contributed by atoms with Gasteiger partial charge in [-0.05, 0) is 44.6 Å². The van der Waals surface area contributed by atoms with E-state index in [0.29, 0.717) is 39.6 Å². The number of para-hydroxylation sites is 1. The van der Waals surface area contributed by atoms with Gasteiger partial charge in [0.05, 0.1) is 32.1 Å². The maximum Gasteiger partial charge on any atom is 0.340 e. The molecule has 138 valence electrons. The number of nitrogens with one attached hydrogen (secondary N) is 1. The number of benzene rings is 1. The molecule has 0 aliphatic rings. The highest BCUT2D eigenvalue weighted by molar-refractivity contribution is 6.09. The molecule has 0 amide bonds. The number of aryl methyl sites for hydroxylation is 1. The van der Waals surface area contributed by atoms with Gasteiger partial charge in [-0.1, -0.05) is 12.1 Å². The van der Waals surface area contributed by atoms with Crippen LogP contribution in [-0.2, 0) is 4.74 Å². The van der Waals surface area contributed by atoms with E-state index in [1.165, 1.54) is 6.08 Å². The van der Waals surface area contributed by atoms with Crippen LogP contribution in [0.15, 0.2) is 24.3 Å². The highest BCUT2D eigenvalue weighted by Gasteiger charge is 2.21. The van der Waals surface area contributed by atoms with Crippen molar-refractivity contribution in [2.75, 3.05) is 20.8 Å². The molecule has 6 nitrogen and oxygen atoms in total. The van der Waals surface area contributed by atoms with Gasteiger partial charge in [-0.25, -0.2) is 4.79 Å². The first-order valence-corrected chi connectivity index (χ1v) is 8.24. The molecule has 0 saturated heterocycles. The van der Waals surface area contributed by atoms with E-state index < -0.39 is 5.97 Å². The van der Waals surface area contributed by atoms with Gasteiger partial charge >= 0.3 is 5.97 Å². The molecule has 26 heavy (non-hydrogen) atoms. The number of allylic oxidation sites excluding steroid dienone is 1. The summed E-state index contributed by atoms with van der Waals surface area (Å²) in [4.78, 5) is 27.6. The Morgan fingerprint density at radius 2 is 1.88 bits per heavy atom. The van der Waals surface area contributed by atoms with Crippen LogP contribution in [0.1, 0.15) is 44.6 Å². The van der Waals surface area contributed by atoms with Crippen LogP contribution in [0.3, 0.4) is 0 Å². The largest absolute Gasteiger partial charge is 0.493 e. The zero-order valence-corrected chi connectivity index (χ0v) is 15.6. The molecule has 0 atom stereocenters. The predicted octanol–water partition coefficient (Wildman–Crippen LogP) is 3.72. The summed E-state index contributed by atoms with van der Waals surface area (Å²) in [5.74, 6) is 0.450. The van der Waals surface area contributed by atoms with Crippen LogP contribution >= 0.6 is 0 Å². The number of rotatable bonds is 7. The van der Waals surface area contributed by atoms with Crippen LogP contribution in [-0.4, -0.2) is 37.6 Å². The molecule has 0 fully saturated rings. The van der Waals surface area contributed by atoms with Crippen molar-refractivity contribution in [3.63, 3.8) is 0 Å². The summed E-state index contributed by atoms with van der Waals surface area (Å²) < 4.78 is 15.7. The smallest absolute Gasteiger partial charge is 0.340 e. The fraction of sp³-hybridized carbons (Fsp3) is 0.300. The van der Waals surface area contributed by atoms with Crippen molar-refractivity contribution in [3.05, 3.63) is 52.4 Å². The monoisotopic (exact) mass is 357 g/mol. The second-order valence-electron chi connectivity index (χ2n) is 5.63. The average Bonchev–Trinajstić information content (AvgIpc) is 2.93. The summed E-state index contributed by atoms with van der Waals surface area (Å²) in [6.45, 7) is 5.49. The maximum atomic E-state index is 12.6. The van der Waals surface area contributed by atoms with Crippen LogP contribution in [0.4, 0.5) is 0 Å². The second kappa shape index (κ2) is 8.38. The number of hydrogen-bond donors (Lipinski definition) is 1. The Morgan fingerprint density at radius 3 is 2.50 bits per heavy atom. The minimum atomic E-state index is -0.434. The lowest BCUT2D eigenvalue weighted by Crippen LogP contribution is -2.07. The Hall–Kier alpha value is -3.02.